The second kappa shape index (κ2) is 5.15. The molecule has 5 heteroatoms. The van der Waals surface area contributed by atoms with Gasteiger partial charge in [0.15, 0.2) is 5.65 Å². The standard InChI is InChI=1S/C16H14FN3S/c17-12-4-1-2-6-14(12)20-15(11-7-9-21-10-11)19-13-5-3-8-18-16(13)20/h1-6,8,11H,7,9-10H2. The fourth-order valence-electron chi connectivity index (χ4n) is 2.81. The van der Waals surface area contributed by atoms with Crippen LogP contribution in [0.25, 0.3) is 16.9 Å². The summed E-state index contributed by atoms with van der Waals surface area (Å²) < 4.78 is 16.2. The number of rotatable bonds is 2. The van der Waals surface area contributed by atoms with E-state index < -0.39 is 0 Å². The largest absolute Gasteiger partial charge is 0.277 e. The molecule has 0 saturated carbocycles. The van der Waals surface area contributed by atoms with Crippen molar-refractivity contribution in [2.75, 3.05) is 11.5 Å². The van der Waals surface area contributed by atoms with Gasteiger partial charge in [0.1, 0.15) is 17.2 Å². The first-order chi connectivity index (χ1) is 10.3. The molecule has 2 aromatic heterocycles. The Bertz CT molecular complexity index is 793. The summed E-state index contributed by atoms with van der Waals surface area (Å²) in [6, 6.07) is 10.6. The van der Waals surface area contributed by atoms with E-state index in [9.17, 15) is 4.39 Å². The van der Waals surface area contributed by atoms with Gasteiger partial charge in [-0.2, -0.15) is 11.8 Å². The molecule has 3 aromatic rings. The fourth-order valence-corrected chi connectivity index (χ4v) is 4.03. The molecule has 3 heterocycles. The van der Waals surface area contributed by atoms with Gasteiger partial charge in [0, 0.05) is 17.9 Å². The van der Waals surface area contributed by atoms with Crippen molar-refractivity contribution >= 4 is 22.9 Å². The molecule has 1 aliphatic heterocycles. The van der Waals surface area contributed by atoms with E-state index in [0.717, 1.165) is 34.9 Å². The third kappa shape index (κ3) is 2.12. The Morgan fingerprint density at radius 3 is 2.90 bits per heavy atom. The van der Waals surface area contributed by atoms with E-state index in [4.69, 9.17) is 4.98 Å². The van der Waals surface area contributed by atoms with Crippen LogP contribution >= 0.6 is 11.8 Å². The lowest BCUT2D eigenvalue weighted by Crippen LogP contribution is -2.09. The molecule has 1 aliphatic rings. The lowest BCUT2D eigenvalue weighted by atomic mass is 10.1. The SMILES string of the molecule is Fc1ccccc1-n1c(C2CCSC2)nc2cccnc21. The van der Waals surface area contributed by atoms with Crippen LogP contribution in [-0.4, -0.2) is 26.0 Å². The van der Waals surface area contributed by atoms with Gasteiger partial charge in [0.2, 0.25) is 0 Å². The van der Waals surface area contributed by atoms with Crippen LogP contribution in [0, 0.1) is 5.82 Å². The van der Waals surface area contributed by atoms with Gasteiger partial charge in [0.25, 0.3) is 0 Å². The molecule has 1 atom stereocenters. The number of pyridine rings is 1. The second-order valence-corrected chi connectivity index (χ2v) is 6.31. The van der Waals surface area contributed by atoms with Gasteiger partial charge < -0.3 is 0 Å². The highest BCUT2D eigenvalue weighted by atomic mass is 32.2. The third-order valence-electron chi connectivity index (χ3n) is 3.83. The first kappa shape index (κ1) is 12.8. The molecule has 21 heavy (non-hydrogen) atoms. The number of nitrogens with zero attached hydrogens (tertiary/aromatic N) is 3. The molecule has 0 radical (unpaired) electrons. The topological polar surface area (TPSA) is 30.7 Å². The van der Waals surface area contributed by atoms with Crippen LogP contribution in [0.5, 0.6) is 0 Å². The van der Waals surface area contributed by atoms with Crippen LogP contribution in [0.4, 0.5) is 4.39 Å². The van der Waals surface area contributed by atoms with Crippen LogP contribution in [-0.2, 0) is 0 Å². The van der Waals surface area contributed by atoms with Gasteiger partial charge in [-0.3, -0.25) is 4.57 Å². The predicted molar refractivity (Wildman–Crippen MR) is 83.5 cm³/mol. The van der Waals surface area contributed by atoms with E-state index in [-0.39, 0.29) is 5.82 Å². The average molecular weight is 299 g/mol. The molecule has 3 nitrogen and oxygen atoms in total. The van der Waals surface area contributed by atoms with Crippen LogP contribution < -0.4 is 0 Å². The van der Waals surface area contributed by atoms with Crippen molar-refractivity contribution in [3.05, 3.63) is 54.2 Å². The molecule has 4 rings (SSSR count). The zero-order valence-corrected chi connectivity index (χ0v) is 12.2. The molecule has 0 bridgehead atoms. The normalized spacial score (nSPS) is 18.4. The quantitative estimate of drug-likeness (QED) is 0.721. The Kier molecular flexibility index (Phi) is 3.15. The Morgan fingerprint density at radius 2 is 2.10 bits per heavy atom. The maximum Gasteiger partial charge on any atom is 0.164 e. The lowest BCUT2D eigenvalue weighted by Gasteiger charge is -2.13. The van der Waals surface area contributed by atoms with E-state index in [1.54, 1.807) is 18.3 Å². The summed E-state index contributed by atoms with van der Waals surface area (Å²) in [6.07, 6.45) is 2.82. The van der Waals surface area contributed by atoms with Crippen LogP contribution in [0.2, 0.25) is 0 Å². The molecular formula is C16H14FN3S. The molecule has 0 N–H and O–H groups in total. The van der Waals surface area contributed by atoms with Gasteiger partial charge in [-0.25, -0.2) is 14.4 Å². The molecule has 1 fully saturated rings. The highest BCUT2D eigenvalue weighted by Crippen LogP contribution is 2.35. The van der Waals surface area contributed by atoms with Gasteiger partial charge in [-0.1, -0.05) is 12.1 Å². The summed E-state index contributed by atoms with van der Waals surface area (Å²) in [4.78, 5) is 9.15. The van der Waals surface area contributed by atoms with Crippen LogP contribution in [0.3, 0.4) is 0 Å². The number of fused-ring (bicyclic) bond motifs is 1. The minimum Gasteiger partial charge on any atom is -0.277 e. The van der Waals surface area contributed by atoms with Gasteiger partial charge in [-0.05, 0) is 36.4 Å². The van der Waals surface area contributed by atoms with Gasteiger partial charge in [-0.15, -0.1) is 0 Å². The van der Waals surface area contributed by atoms with Crippen LogP contribution in [0.15, 0.2) is 42.6 Å². The molecule has 1 unspecified atom stereocenters. The second-order valence-electron chi connectivity index (χ2n) is 5.16. The predicted octanol–water partition coefficient (Wildman–Crippen LogP) is 3.78. The minimum absolute atomic E-state index is 0.241. The number of benzene rings is 1. The van der Waals surface area contributed by atoms with Crippen molar-refractivity contribution in [2.45, 2.75) is 12.3 Å². The molecule has 1 aromatic carbocycles. The highest BCUT2D eigenvalue weighted by Gasteiger charge is 2.26. The molecule has 0 aliphatic carbocycles. The fraction of sp³-hybridized carbons (Fsp3) is 0.250. The Morgan fingerprint density at radius 1 is 1.19 bits per heavy atom. The Hall–Kier alpha value is -1.88. The van der Waals surface area contributed by atoms with E-state index in [2.05, 4.69) is 4.98 Å². The number of hydrogen-bond donors (Lipinski definition) is 0. The van der Waals surface area contributed by atoms with Crippen molar-refractivity contribution < 1.29 is 4.39 Å². The first-order valence-corrected chi connectivity index (χ1v) is 8.16. The maximum absolute atomic E-state index is 14.3. The Labute approximate surface area is 126 Å². The molecule has 0 spiro atoms. The first-order valence-electron chi connectivity index (χ1n) is 7.00. The molecular weight excluding hydrogens is 285 g/mol. The zero-order chi connectivity index (χ0) is 14.2. The maximum atomic E-state index is 14.3. The molecule has 0 amide bonds. The van der Waals surface area contributed by atoms with E-state index in [1.807, 2.05) is 34.5 Å². The van der Waals surface area contributed by atoms with Crippen molar-refractivity contribution in [2.24, 2.45) is 0 Å². The highest BCUT2D eigenvalue weighted by molar-refractivity contribution is 7.99. The number of thioether (sulfide) groups is 1. The zero-order valence-electron chi connectivity index (χ0n) is 11.4. The van der Waals surface area contributed by atoms with Gasteiger partial charge >= 0.3 is 0 Å². The molecule has 106 valence electrons. The van der Waals surface area contributed by atoms with Crippen molar-refractivity contribution in [1.29, 1.82) is 0 Å². The van der Waals surface area contributed by atoms with Crippen molar-refractivity contribution in [3.63, 3.8) is 0 Å². The number of imidazole rings is 1. The van der Waals surface area contributed by atoms with Crippen molar-refractivity contribution in [1.82, 2.24) is 14.5 Å². The smallest absolute Gasteiger partial charge is 0.164 e. The molecule has 1 saturated heterocycles. The van der Waals surface area contributed by atoms with Gasteiger partial charge in [0.05, 0.1) is 5.69 Å². The number of aromatic nitrogens is 3. The summed E-state index contributed by atoms with van der Waals surface area (Å²) in [7, 11) is 0. The van der Waals surface area contributed by atoms with Crippen LogP contribution in [0.1, 0.15) is 18.2 Å². The van der Waals surface area contributed by atoms with Crippen molar-refractivity contribution in [3.8, 4) is 5.69 Å². The number of hydrogen-bond acceptors (Lipinski definition) is 3. The van der Waals surface area contributed by atoms with E-state index in [1.165, 1.54) is 6.07 Å². The summed E-state index contributed by atoms with van der Waals surface area (Å²) in [5, 5.41) is 0. The summed E-state index contributed by atoms with van der Waals surface area (Å²) in [5.41, 5.74) is 2.09. The summed E-state index contributed by atoms with van der Waals surface area (Å²) in [5.74, 6) is 3.23. The number of para-hydroxylation sites is 1. The minimum atomic E-state index is -0.241. The average Bonchev–Trinajstić information content (AvgIpc) is 3.15. The monoisotopic (exact) mass is 299 g/mol. The van der Waals surface area contributed by atoms with E-state index >= 15 is 0 Å². The summed E-state index contributed by atoms with van der Waals surface area (Å²) in [6.45, 7) is 0. The number of halogens is 1. The lowest BCUT2D eigenvalue weighted by molar-refractivity contribution is 0.610. The summed E-state index contributed by atoms with van der Waals surface area (Å²) >= 11 is 1.93. The Balaban J connectivity index is 2.00. The third-order valence-corrected chi connectivity index (χ3v) is 4.99. The van der Waals surface area contributed by atoms with E-state index in [0.29, 0.717) is 11.6 Å².